The standard InChI is InChI=1S/C16H23N5O4/c1-11(25-12(22)9-20-7-5-4-6-8-20)21-10-17-14-13(21)15(23)19(3)16(24)18(14)2/h10-11H,4-9H2,1-3H3. The zero-order valence-electron chi connectivity index (χ0n) is 14.8. The topological polar surface area (TPSA) is 91.4 Å². The minimum atomic E-state index is -0.688. The fourth-order valence-electron chi connectivity index (χ4n) is 3.22. The molecule has 9 nitrogen and oxygen atoms in total. The van der Waals surface area contributed by atoms with E-state index in [4.69, 9.17) is 4.74 Å². The number of rotatable bonds is 4. The van der Waals surface area contributed by atoms with Crippen LogP contribution in [-0.4, -0.2) is 49.2 Å². The Hall–Kier alpha value is -2.42. The zero-order chi connectivity index (χ0) is 18.1. The quantitative estimate of drug-likeness (QED) is 0.721. The Kier molecular flexibility index (Phi) is 4.76. The molecule has 1 fully saturated rings. The summed E-state index contributed by atoms with van der Waals surface area (Å²) in [7, 11) is 2.96. The highest BCUT2D eigenvalue weighted by Gasteiger charge is 2.21. The number of carbonyl (C=O) groups is 1. The molecule has 0 radical (unpaired) electrons. The van der Waals surface area contributed by atoms with Crippen LogP contribution in [0.4, 0.5) is 0 Å². The number of carbonyl (C=O) groups excluding carboxylic acids is 1. The molecule has 0 aliphatic carbocycles. The van der Waals surface area contributed by atoms with Gasteiger partial charge in [0, 0.05) is 14.1 Å². The molecule has 2 aromatic heterocycles. The lowest BCUT2D eigenvalue weighted by Gasteiger charge is -2.26. The van der Waals surface area contributed by atoms with Crippen molar-refractivity contribution in [2.45, 2.75) is 32.4 Å². The van der Waals surface area contributed by atoms with Crippen LogP contribution in [0.1, 0.15) is 32.4 Å². The van der Waals surface area contributed by atoms with Crippen LogP contribution >= 0.6 is 0 Å². The van der Waals surface area contributed by atoms with Gasteiger partial charge in [-0.2, -0.15) is 0 Å². The SMILES string of the molecule is CC(OC(=O)CN1CCCCC1)n1cnc2c1c(=O)n(C)c(=O)n2C. The molecule has 1 aliphatic rings. The average molecular weight is 349 g/mol. The minimum Gasteiger partial charge on any atom is -0.441 e. The van der Waals surface area contributed by atoms with Gasteiger partial charge >= 0.3 is 11.7 Å². The van der Waals surface area contributed by atoms with E-state index in [1.807, 2.05) is 0 Å². The number of fused-ring (bicyclic) bond motifs is 1. The van der Waals surface area contributed by atoms with Gasteiger partial charge in [-0.25, -0.2) is 9.78 Å². The van der Waals surface area contributed by atoms with E-state index >= 15 is 0 Å². The summed E-state index contributed by atoms with van der Waals surface area (Å²) in [6.45, 7) is 3.73. The van der Waals surface area contributed by atoms with Crippen molar-refractivity contribution in [2.75, 3.05) is 19.6 Å². The summed E-state index contributed by atoms with van der Waals surface area (Å²) < 4.78 is 9.29. The fourth-order valence-corrected chi connectivity index (χ4v) is 3.22. The van der Waals surface area contributed by atoms with Crippen LogP contribution in [0.15, 0.2) is 15.9 Å². The maximum absolute atomic E-state index is 12.4. The van der Waals surface area contributed by atoms with E-state index in [1.165, 1.54) is 28.9 Å². The summed E-state index contributed by atoms with van der Waals surface area (Å²) in [4.78, 5) is 42.8. The molecule has 1 atom stereocenters. The molecule has 0 bridgehead atoms. The number of hydrogen-bond donors (Lipinski definition) is 0. The third kappa shape index (κ3) is 3.23. The van der Waals surface area contributed by atoms with Crippen molar-refractivity contribution in [3.05, 3.63) is 27.2 Å². The fraction of sp³-hybridized carbons (Fsp3) is 0.625. The number of piperidine rings is 1. The number of esters is 1. The van der Waals surface area contributed by atoms with Crippen molar-refractivity contribution >= 4 is 17.1 Å². The summed E-state index contributed by atoms with van der Waals surface area (Å²) in [5.74, 6) is -0.335. The Morgan fingerprint density at radius 3 is 2.56 bits per heavy atom. The van der Waals surface area contributed by atoms with Crippen molar-refractivity contribution in [3.8, 4) is 0 Å². The Morgan fingerprint density at radius 2 is 1.88 bits per heavy atom. The highest BCUT2D eigenvalue weighted by molar-refractivity contribution is 5.73. The third-order valence-electron chi connectivity index (χ3n) is 4.67. The highest BCUT2D eigenvalue weighted by atomic mass is 16.6. The van der Waals surface area contributed by atoms with Crippen LogP contribution in [0.2, 0.25) is 0 Å². The Balaban J connectivity index is 1.83. The van der Waals surface area contributed by atoms with Crippen molar-refractivity contribution in [1.82, 2.24) is 23.6 Å². The number of hydrogen-bond acceptors (Lipinski definition) is 6. The molecule has 136 valence electrons. The van der Waals surface area contributed by atoms with Gasteiger partial charge in [-0.1, -0.05) is 6.42 Å². The second-order valence-corrected chi connectivity index (χ2v) is 6.46. The molecule has 0 spiro atoms. The molecule has 25 heavy (non-hydrogen) atoms. The van der Waals surface area contributed by atoms with Crippen LogP contribution in [-0.2, 0) is 23.6 Å². The summed E-state index contributed by atoms with van der Waals surface area (Å²) in [5.41, 5.74) is -0.401. The van der Waals surface area contributed by atoms with E-state index < -0.39 is 17.5 Å². The van der Waals surface area contributed by atoms with Crippen molar-refractivity contribution in [1.29, 1.82) is 0 Å². The minimum absolute atomic E-state index is 0.239. The van der Waals surface area contributed by atoms with Gasteiger partial charge in [0.2, 0.25) is 0 Å². The summed E-state index contributed by atoms with van der Waals surface area (Å²) in [5, 5.41) is 0. The monoisotopic (exact) mass is 349 g/mol. The average Bonchev–Trinajstić information content (AvgIpc) is 3.04. The molecule has 1 saturated heterocycles. The van der Waals surface area contributed by atoms with Crippen LogP contribution in [0.5, 0.6) is 0 Å². The first-order chi connectivity index (χ1) is 11.9. The first-order valence-electron chi connectivity index (χ1n) is 8.44. The number of nitrogens with zero attached hydrogens (tertiary/aromatic N) is 5. The Bertz CT molecular complexity index is 904. The maximum atomic E-state index is 12.4. The Labute approximate surface area is 144 Å². The molecule has 9 heteroatoms. The van der Waals surface area contributed by atoms with E-state index in [1.54, 1.807) is 14.0 Å². The molecular formula is C16H23N5O4. The lowest BCUT2D eigenvalue weighted by Crippen LogP contribution is -2.38. The molecule has 1 unspecified atom stereocenters. The third-order valence-corrected chi connectivity index (χ3v) is 4.67. The number of imidazole rings is 1. The van der Waals surface area contributed by atoms with Gasteiger partial charge in [-0.15, -0.1) is 0 Å². The molecule has 0 N–H and O–H groups in total. The molecule has 3 heterocycles. The van der Waals surface area contributed by atoms with Crippen LogP contribution < -0.4 is 11.2 Å². The van der Waals surface area contributed by atoms with E-state index in [0.717, 1.165) is 30.5 Å². The van der Waals surface area contributed by atoms with E-state index in [9.17, 15) is 14.4 Å². The zero-order valence-corrected chi connectivity index (χ0v) is 14.8. The predicted octanol–water partition coefficient (Wildman–Crippen LogP) is -0.0187. The van der Waals surface area contributed by atoms with Crippen molar-refractivity contribution < 1.29 is 9.53 Å². The smallest absolute Gasteiger partial charge is 0.332 e. The van der Waals surface area contributed by atoms with E-state index in [0.29, 0.717) is 0 Å². The molecular weight excluding hydrogens is 326 g/mol. The van der Waals surface area contributed by atoms with Gasteiger partial charge in [0.15, 0.2) is 17.4 Å². The number of aromatic nitrogens is 4. The molecule has 2 aromatic rings. The lowest BCUT2D eigenvalue weighted by molar-refractivity contribution is -0.153. The van der Waals surface area contributed by atoms with Gasteiger partial charge in [0.1, 0.15) is 6.33 Å². The second kappa shape index (κ2) is 6.83. The number of likely N-dealkylation sites (tertiary alicyclic amines) is 1. The van der Waals surface area contributed by atoms with E-state index in [2.05, 4.69) is 9.88 Å². The van der Waals surface area contributed by atoms with Crippen LogP contribution in [0, 0.1) is 0 Å². The summed E-state index contributed by atoms with van der Waals surface area (Å²) >= 11 is 0. The largest absolute Gasteiger partial charge is 0.441 e. The lowest BCUT2D eigenvalue weighted by atomic mass is 10.1. The maximum Gasteiger partial charge on any atom is 0.332 e. The van der Waals surface area contributed by atoms with Crippen molar-refractivity contribution in [2.24, 2.45) is 14.1 Å². The number of ether oxygens (including phenoxy) is 1. The van der Waals surface area contributed by atoms with Gasteiger partial charge < -0.3 is 4.74 Å². The summed E-state index contributed by atoms with van der Waals surface area (Å²) in [6, 6.07) is 0. The highest BCUT2D eigenvalue weighted by Crippen LogP contribution is 2.15. The van der Waals surface area contributed by atoms with Gasteiger partial charge in [-0.05, 0) is 32.9 Å². The van der Waals surface area contributed by atoms with Crippen molar-refractivity contribution in [3.63, 3.8) is 0 Å². The van der Waals surface area contributed by atoms with Gasteiger partial charge in [0.05, 0.1) is 6.54 Å². The molecule has 0 amide bonds. The van der Waals surface area contributed by atoms with Gasteiger partial charge in [-0.3, -0.25) is 28.2 Å². The number of aryl methyl sites for hydroxylation is 1. The Morgan fingerprint density at radius 1 is 1.20 bits per heavy atom. The normalized spacial score (nSPS) is 16.9. The second-order valence-electron chi connectivity index (χ2n) is 6.46. The molecule has 0 aromatic carbocycles. The molecule has 1 aliphatic heterocycles. The molecule has 0 saturated carbocycles. The first kappa shape index (κ1) is 17.4. The van der Waals surface area contributed by atoms with Crippen LogP contribution in [0.25, 0.3) is 11.2 Å². The van der Waals surface area contributed by atoms with Gasteiger partial charge in [0.25, 0.3) is 5.56 Å². The summed E-state index contributed by atoms with van der Waals surface area (Å²) in [6.07, 6.45) is 4.13. The predicted molar refractivity (Wildman–Crippen MR) is 91.3 cm³/mol. The molecule has 3 rings (SSSR count). The first-order valence-corrected chi connectivity index (χ1v) is 8.44. The van der Waals surface area contributed by atoms with E-state index in [-0.39, 0.29) is 23.7 Å². The van der Waals surface area contributed by atoms with Crippen LogP contribution in [0.3, 0.4) is 0 Å².